The predicted octanol–water partition coefficient (Wildman–Crippen LogP) is 1.79. The van der Waals surface area contributed by atoms with Crippen LogP contribution in [0.5, 0.6) is 5.75 Å². The Balaban J connectivity index is 1.42. The molecule has 2 aromatic rings. The number of hydrogen-bond donors (Lipinski definition) is 0. The molecule has 2 saturated heterocycles. The van der Waals surface area contributed by atoms with Crippen molar-refractivity contribution in [1.29, 1.82) is 0 Å². The second kappa shape index (κ2) is 8.05. The lowest BCUT2D eigenvalue weighted by Crippen LogP contribution is -2.53. The van der Waals surface area contributed by atoms with Gasteiger partial charge in [-0.25, -0.2) is 4.90 Å². The minimum Gasteiger partial charge on any atom is -0.497 e. The van der Waals surface area contributed by atoms with Crippen LogP contribution in [0.15, 0.2) is 54.6 Å². The van der Waals surface area contributed by atoms with E-state index in [2.05, 4.69) is 0 Å². The molecule has 1 unspecified atom stereocenters. The number of anilines is 1. The van der Waals surface area contributed by atoms with Gasteiger partial charge in [-0.3, -0.25) is 19.3 Å². The van der Waals surface area contributed by atoms with Crippen LogP contribution in [0.3, 0.4) is 0 Å². The Hall–Kier alpha value is -3.19. The van der Waals surface area contributed by atoms with Crippen LogP contribution in [0, 0.1) is 0 Å². The van der Waals surface area contributed by atoms with Crippen molar-refractivity contribution >= 4 is 23.4 Å². The molecule has 7 nitrogen and oxygen atoms in total. The lowest BCUT2D eigenvalue weighted by atomic mass is 10.1. The molecule has 0 saturated carbocycles. The van der Waals surface area contributed by atoms with Gasteiger partial charge in [-0.15, -0.1) is 0 Å². The molecule has 0 N–H and O–H groups in total. The van der Waals surface area contributed by atoms with E-state index in [1.807, 2.05) is 23.1 Å². The Bertz CT molecular complexity index is 923. The first-order valence-electron chi connectivity index (χ1n) is 9.67. The fraction of sp³-hybridized carbons (Fsp3) is 0.318. The molecule has 29 heavy (non-hydrogen) atoms. The van der Waals surface area contributed by atoms with Crippen molar-refractivity contribution in [3.8, 4) is 5.75 Å². The molecule has 1 atom stereocenters. The number of rotatable bonds is 4. The third-order valence-electron chi connectivity index (χ3n) is 5.50. The zero-order valence-corrected chi connectivity index (χ0v) is 16.3. The summed E-state index contributed by atoms with van der Waals surface area (Å²) in [5.41, 5.74) is 1.19. The normalized spacial score (nSPS) is 20.2. The molecule has 0 radical (unpaired) electrons. The minimum atomic E-state index is -0.484. The first-order valence-corrected chi connectivity index (χ1v) is 9.67. The van der Waals surface area contributed by atoms with Gasteiger partial charge in [-0.2, -0.15) is 0 Å². The first kappa shape index (κ1) is 19.1. The van der Waals surface area contributed by atoms with Gasteiger partial charge in [0.1, 0.15) is 5.75 Å². The van der Waals surface area contributed by atoms with Gasteiger partial charge in [-0.05, 0) is 24.3 Å². The number of benzene rings is 2. The Kier molecular flexibility index (Phi) is 5.31. The first-order chi connectivity index (χ1) is 14.1. The fourth-order valence-electron chi connectivity index (χ4n) is 3.92. The Morgan fingerprint density at radius 1 is 0.966 bits per heavy atom. The maximum Gasteiger partial charge on any atom is 0.253 e. The van der Waals surface area contributed by atoms with E-state index in [1.165, 1.54) is 4.90 Å². The van der Waals surface area contributed by atoms with Crippen molar-refractivity contribution in [3.05, 3.63) is 60.2 Å². The third kappa shape index (κ3) is 3.73. The monoisotopic (exact) mass is 393 g/mol. The molecule has 2 heterocycles. The van der Waals surface area contributed by atoms with Crippen LogP contribution in [-0.2, 0) is 9.59 Å². The molecule has 2 aliphatic heterocycles. The Labute approximate surface area is 169 Å². The van der Waals surface area contributed by atoms with Crippen LogP contribution >= 0.6 is 0 Å². The van der Waals surface area contributed by atoms with Crippen molar-refractivity contribution < 1.29 is 19.1 Å². The number of amides is 3. The lowest BCUT2D eigenvalue weighted by molar-refractivity contribution is -0.123. The van der Waals surface area contributed by atoms with E-state index in [4.69, 9.17) is 4.74 Å². The molecule has 150 valence electrons. The summed E-state index contributed by atoms with van der Waals surface area (Å²) in [5.74, 6) is 0.166. The molecular formula is C22H23N3O4. The fourth-order valence-corrected chi connectivity index (χ4v) is 3.92. The van der Waals surface area contributed by atoms with E-state index in [-0.39, 0.29) is 24.1 Å². The Morgan fingerprint density at radius 2 is 1.69 bits per heavy atom. The molecule has 0 aliphatic carbocycles. The van der Waals surface area contributed by atoms with E-state index in [0.717, 1.165) is 0 Å². The standard InChI is InChI=1S/C22H23N3O4/c1-29-18-9-5-8-17(14-18)25-20(26)15-19(22(25)28)23-10-12-24(13-11-23)21(27)16-6-3-2-4-7-16/h2-9,14,19H,10-13,15H2,1H3. The van der Waals surface area contributed by atoms with Gasteiger partial charge in [0, 0.05) is 37.8 Å². The van der Waals surface area contributed by atoms with Gasteiger partial charge in [0.25, 0.3) is 11.8 Å². The molecule has 4 rings (SSSR count). The molecule has 0 bridgehead atoms. The number of carbonyl (C=O) groups is 3. The highest BCUT2D eigenvalue weighted by atomic mass is 16.5. The second-order valence-electron chi connectivity index (χ2n) is 7.18. The van der Waals surface area contributed by atoms with Crippen molar-refractivity contribution in [2.24, 2.45) is 0 Å². The number of carbonyl (C=O) groups excluding carboxylic acids is 3. The molecule has 2 aromatic carbocycles. The van der Waals surface area contributed by atoms with Crippen molar-refractivity contribution in [2.75, 3.05) is 38.2 Å². The highest BCUT2D eigenvalue weighted by molar-refractivity contribution is 6.22. The maximum absolute atomic E-state index is 13.0. The minimum absolute atomic E-state index is 0.00270. The lowest BCUT2D eigenvalue weighted by Gasteiger charge is -2.37. The summed E-state index contributed by atoms with van der Waals surface area (Å²) in [6.07, 6.45) is 0.155. The summed E-state index contributed by atoms with van der Waals surface area (Å²) in [6, 6.07) is 15.7. The summed E-state index contributed by atoms with van der Waals surface area (Å²) in [6.45, 7) is 2.19. The SMILES string of the molecule is COc1cccc(N2C(=O)CC(N3CCN(C(=O)c4ccccc4)CC3)C2=O)c1. The van der Waals surface area contributed by atoms with Crippen molar-refractivity contribution in [1.82, 2.24) is 9.80 Å². The third-order valence-corrected chi connectivity index (χ3v) is 5.50. The average molecular weight is 393 g/mol. The van der Waals surface area contributed by atoms with E-state index < -0.39 is 6.04 Å². The highest BCUT2D eigenvalue weighted by Crippen LogP contribution is 2.28. The molecule has 0 aromatic heterocycles. The topological polar surface area (TPSA) is 70.2 Å². The van der Waals surface area contributed by atoms with Gasteiger partial charge >= 0.3 is 0 Å². The summed E-state index contributed by atoms with van der Waals surface area (Å²) >= 11 is 0. The van der Waals surface area contributed by atoms with E-state index in [0.29, 0.717) is 43.2 Å². The quantitative estimate of drug-likeness (QED) is 0.741. The zero-order valence-electron chi connectivity index (χ0n) is 16.3. The number of imide groups is 1. The van der Waals surface area contributed by atoms with E-state index in [1.54, 1.807) is 48.4 Å². The Morgan fingerprint density at radius 3 is 2.38 bits per heavy atom. The van der Waals surface area contributed by atoms with Crippen LogP contribution in [0.4, 0.5) is 5.69 Å². The average Bonchev–Trinajstić information content (AvgIpc) is 3.08. The number of nitrogens with zero attached hydrogens (tertiary/aromatic N) is 3. The van der Waals surface area contributed by atoms with E-state index >= 15 is 0 Å². The van der Waals surface area contributed by atoms with Crippen LogP contribution in [0.2, 0.25) is 0 Å². The van der Waals surface area contributed by atoms with Crippen molar-refractivity contribution in [3.63, 3.8) is 0 Å². The summed E-state index contributed by atoms with van der Waals surface area (Å²) in [7, 11) is 1.55. The molecule has 0 spiro atoms. The van der Waals surface area contributed by atoms with Gasteiger partial charge in [0.2, 0.25) is 5.91 Å². The van der Waals surface area contributed by atoms with Crippen LogP contribution in [0.1, 0.15) is 16.8 Å². The molecule has 7 heteroatoms. The summed E-state index contributed by atoms with van der Waals surface area (Å²) in [5, 5.41) is 0. The number of ether oxygens (including phenoxy) is 1. The molecule has 2 fully saturated rings. The molecule has 2 aliphatic rings. The van der Waals surface area contributed by atoms with Crippen LogP contribution in [0.25, 0.3) is 0 Å². The van der Waals surface area contributed by atoms with E-state index in [9.17, 15) is 14.4 Å². The van der Waals surface area contributed by atoms with Gasteiger partial charge in [-0.1, -0.05) is 24.3 Å². The summed E-state index contributed by atoms with van der Waals surface area (Å²) in [4.78, 5) is 43.2. The largest absolute Gasteiger partial charge is 0.497 e. The summed E-state index contributed by atoms with van der Waals surface area (Å²) < 4.78 is 5.20. The van der Waals surface area contributed by atoms with Gasteiger partial charge < -0.3 is 9.64 Å². The van der Waals surface area contributed by atoms with Crippen LogP contribution < -0.4 is 9.64 Å². The second-order valence-corrected chi connectivity index (χ2v) is 7.18. The molecule has 3 amide bonds. The van der Waals surface area contributed by atoms with Gasteiger partial charge in [0.05, 0.1) is 25.3 Å². The number of piperazine rings is 1. The van der Waals surface area contributed by atoms with Crippen LogP contribution in [-0.4, -0.2) is 66.9 Å². The maximum atomic E-state index is 13.0. The number of hydrogen-bond acceptors (Lipinski definition) is 5. The van der Waals surface area contributed by atoms with Crippen molar-refractivity contribution in [2.45, 2.75) is 12.5 Å². The van der Waals surface area contributed by atoms with Gasteiger partial charge in [0.15, 0.2) is 0 Å². The zero-order chi connectivity index (χ0) is 20.4. The molecular weight excluding hydrogens is 370 g/mol. The highest BCUT2D eigenvalue weighted by Gasteiger charge is 2.43. The smallest absolute Gasteiger partial charge is 0.253 e. The predicted molar refractivity (Wildman–Crippen MR) is 108 cm³/mol. The number of methoxy groups -OCH3 is 1.